The monoisotopic (exact) mass is 1930 g/mol. The number of fused-ring (bicyclic) bond motifs is 3. The van der Waals surface area contributed by atoms with Crippen LogP contribution in [0, 0.1) is 6.92 Å². The van der Waals surface area contributed by atoms with E-state index in [1.807, 2.05) is 63.5 Å². The first-order chi connectivity index (χ1) is 57.5. The lowest BCUT2D eigenvalue weighted by molar-refractivity contribution is -0.121. The van der Waals surface area contributed by atoms with Crippen molar-refractivity contribution in [2.24, 2.45) is 0 Å². The number of amides is 5. The molecule has 0 radical (unpaired) electrons. The molecule has 3 atom stereocenters. The van der Waals surface area contributed by atoms with Gasteiger partial charge in [0.25, 0.3) is 0 Å². The highest BCUT2D eigenvalue weighted by atomic mass is 127. The van der Waals surface area contributed by atoms with Gasteiger partial charge < -0.3 is 75.0 Å². The Kier molecular flexibility index (Phi) is 39.8. The second kappa shape index (κ2) is 48.7. The van der Waals surface area contributed by atoms with Crippen molar-refractivity contribution in [1.29, 1.82) is 0 Å². The van der Waals surface area contributed by atoms with E-state index in [1.165, 1.54) is 17.7 Å². The van der Waals surface area contributed by atoms with Gasteiger partial charge in [-0.15, -0.1) is 20.7 Å². The highest BCUT2D eigenvalue weighted by molar-refractivity contribution is 14.2. The number of carbonyl (C=O) groups excluding carboxylic acids is 4. The van der Waals surface area contributed by atoms with Gasteiger partial charge in [-0.05, 0) is 169 Å². The number of hydrogen-bond acceptors (Lipinski definition) is 21. The van der Waals surface area contributed by atoms with Gasteiger partial charge in [-0.2, -0.15) is 0 Å². The van der Waals surface area contributed by atoms with E-state index in [9.17, 15) is 54.6 Å². The number of aryl methyl sites for hydroxylation is 1. The van der Waals surface area contributed by atoms with Gasteiger partial charge in [0, 0.05) is 151 Å². The summed E-state index contributed by atoms with van der Waals surface area (Å²) in [5.74, 6) is -1.78. The van der Waals surface area contributed by atoms with Crippen molar-refractivity contribution in [3.05, 3.63) is 190 Å². The molecule has 0 unspecified atom stereocenters. The van der Waals surface area contributed by atoms with Crippen LogP contribution in [0.2, 0.25) is 25.1 Å². The fourth-order valence-corrected chi connectivity index (χ4v) is 20.5. The number of sulfonamides is 3. The number of likely N-dealkylation sites (N-methyl/N-ethyl adjacent to an activating group) is 2. The number of urea groups is 1. The highest BCUT2D eigenvalue weighted by Gasteiger charge is 2.36. The maximum Gasteiger partial charge on any atom is 0.315 e. The molecular weight excluding hydrogens is 1830 g/mol. The normalized spacial score (nSPS) is 16.0. The fraction of sp³-hybridized carbons (Fsp3) is 0.500. The number of benzene rings is 6. The quantitative estimate of drug-likeness (QED) is 0.00745. The molecule has 0 saturated heterocycles. The van der Waals surface area contributed by atoms with Crippen LogP contribution in [0.4, 0.5) is 4.79 Å². The van der Waals surface area contributed by atoms with E-state index in [-0.39, 0.29) is 210 Å². The van der Waals surface area contributed by atoms with Crippen LogP contribution in [-0.4, -0.2) is 260 Å². The number of rotatable bonds is 51. The first-order valence-corrected chi connectivity index (χ1v) is 48.9. The first-order valence-electron chi connectivity index (χ1n) is 39.5. The van der Waals surface area contributed by atoms with Crippen molar-refractivity contribution in [2.45, 2.75) is 109 Å². The summed E-state index contributed by atoms with van der Waals surface area (Å²) in [7, 11) is -7.81. The van der Waals surface area contributed by atoms with E-state index in [0.717, 1.165) is 61.2 Å². The van der Waals surface area contributed by atoms with Crippen molar-refractivity contribution in [3.8, 4) is 0 Å². The zero-order valence-corrected chi connectivity index (χ0v) is 75.9. The minimum absolute atomic E-state index is 0.00824. The van der Waals surface area contributed by atoms with E-state index in [0.29, 0.717) is 57.8 Å². The van der Waals surface area contributed by atoms with Crippen LogP contribution < -0.4 is 40.8 Å². The summed E-state index contributed by atoms with van der Waals surface area (Å²) in [6.07, 6.45) is -0.880. The number of ether oxygens (including phenoxy) is 6. The number of aliphatic hydroxyl groups excluding tert-OH is 2. The smallest absolute Gasteiger partial charge is 0.315 e. The molecule has 0 bridgehead atoms. The van der Waals surface area contributed by atoms with Gasteiger partial charge in [0.05, 0.1) is 113 Å². The highest BCUT2D eigenvalue weighted by Crippen LogP contribution is 2.42. The Hall–Kier alpha value is -5.66. The molecule has 3 aliphatic rings. The fourth-order valence-electron chi connectivity index (χ4n) is 14.7. The maximum absolute atomic E-state index is 13.7. The Morgan fingerprint density at radius 2 is 0.817 bits per heavy atom. The molecule has 0 aromatic heterocycles. The van der Waals surface area contributed by atoms with E-state index in [2.05, 4.69) is 60.0 Å². The second-order valence-electron chi connectivity index (χ2n) is 29.6. The molecule has 0 saturated carbocycles. The molecule has 3 aliphatic heterocycles. The number of halogens is 6. The molecule has 5 amide bonds. The van der Waals surface area contributed by atoms with E-state index >= 15 is 0 Å². The van der Waals surface area contributed by atoms with E-state index < -0.39 is 78.6 Å². The third-order valence-electron chi connectivity index (χ3n) is 20.7. The van der Waals surface area contributed by atoms with Gasteiger partial charge in [-0.25, -0.2) is 44.2 Å². The molecule has 0 spiro atoms. The molecule has 6 aromatic carbocycles. The Labute approximate surface area is 738 Å². The van der Waals surface area contributed by atoms with Crippen molar-refractivity contribution in [3.63, 3.8) is 0 Å². The maximum atomic E-state index is 13.7. The summed E-state index contributed by atoms with van der Waals surface area (Å²) >= 11 is 32.2. The van der Waals surface area contributed by atoms with Crippen LogP contribution in [-0.2, 0) is 92.5 Å². The zero-order chi connectivity index (χ0) is 86.4. The molecule has 120 heavy (non-hydrogen) atoms. The average Bonchev–Trinajstić information content (AvgIpc) is 0.779. The third kappa shape index (κ3) is 30.3. The molecule has 660 valence electrons. The summed E-state index contributed by atoms with van der Waals surface area (Å²) in [6.45, 7) is 5.97. The number of nitrogens with one attached hydrogen (secondary N) is 8. The average molecular weight is 1940 g/mol. The molecule has 9 rings (SSSR count). The number of hydrogen-bond donors (Lipinski definition) is 10. The van der Waals surface area contributed by atoms with E-state index in [4.69, 9.17) is 86.4 Å². The summed E-state index contributed by atoms with van der Waals surface area (Å²) in [5, 5.41) is 36.2. The molecule has 0 fully saturated rings. The molecule has 10 N–H and O–H groups in total. The molecular formula is C82H109Cl5IN11O18S3. The van der Waals surface area contributed by atoms with Crippen molar-refractivity contribution in [2.75, 3.05) is 170 Å². The predicted octanol–water partition coefficient (Wildman–Crippen LogP) is 8.14. The summed E-state index contributed by atoms with van der Waals surface area (Å²) in [6, 6.07) is 29.6. The summed E-state index contributed by atoms with van der Waals surface area (Å²) in [4.78, 5) is 61.4. The van der Waals surface area contributed by atoms with Gasteiger partial charge in [0.1, 0.15) is 0 Å². The van der Waals surface area contributed by atoms with Gasteiger partial charge in [0.2, 0.25) is 47.8 Å². The Morgan fingerprint density at radius 3 is 1.18 bits per heavy atom. The van der Waals surface area contributed by atoms with Crippen molar-refractivity contribution in [1.82, 2.24) is 55.4 Å². The number of carbonyl (C=O) groups is 4. The third-order valence-corrected chi connectivity index (χ3v) is 27.9. The number of alkyl halides is 1. The minimum Gasteiger partial charge on any atom is -0.394 e. The standard InChI is InChI=1S/C82H109Cl5IN11O18S3/c1-56-38-60(83)42-67-70(56)51-99(55-88-2)52-73(67)59-10-7-13-66(41-59)120(110,111)94-25-31-117-37-34-114-28-22-91-80(104)16-19-82(96-81(105)95-63(53-100)54-101,17-14-78(102)89-20-26-112-32-35-115-29-23-92-118(106,107)64-11-5-8-57(39-64)71-47-97(3)49-74-68(71)43-61(84)45-76(74)86)18-15-79(103)90-21-27-113-33-36-116-30-24-93-119(108,109)65-12-6-9-58(40-65)72-48-98(4)50-75-69(72)44-62(85)46-77(75)87/h5-13,38-46,63,71-73,92-94,100-101H,2,14-37,47-55H2,1,3-4H3,(H,89,102)(H,90,103)(H,91,104)(H2,95,96,105)/t71-,72-,73-/m0/s1. The topological polar surface area (TPSA) is 372 Å². The lowest BCUT2D eigenvalue weighted by Gasteiger charge is -2.35. The number of aliphatic hydroxyl groups is 2. The van der Waals surface area contributed by atoms with Gasteiger partial charge in [-0.3, -0.25) is 19.3 Å². The van der Waals surface area contributed by atoms with Gasteiger partial charge in [0.15, 0.2) is 0 Å². The van der Waals surface area contributed by atoms with Crippen LogP contribution in [0.3, 0.4) is 0 Å². The lowest BCUT2D eigenvalue weighted by atomic mass is 9.83. The van der Waals surface area contributed by atoms with Crippen LogP contribution in [0.1, 0.15) is 112 Å². The first kappa shape index (κ1) is 98.1. The number of nitrogens with zero attached hydrogens (tertiary/aromatic N) is 3. The van der Waals surface area contributed by atoms with E-state index in [1.54, 1.807) is 54.6 Å². The Balaban J connectivity index is 0.714. The SMILES string of the molecule is C=ICN1Cc2c(C)cc(Cl)cc2[C@H](c2cccc(S(=O)(=O)NCCOCCOCCNC(=O)CCC(CCC(=O)NCCOCCOCCNS(=O)(=O)c3cccc([C@@H]4CN(C)Cc5c(Cl)cc(Cl)cc54)c3)(CCC(=O)NCCOCCOCCNS(=O)(=O)c3cccc([C@@H]4CN(C)Cc5c(Cl)cc(Cl)cc54)c3)NC(=O)NC(CO)CO)c2)C1. The summed E-state index contributed by atoms with van der Waals surface area (Å²) < 4.78 is 128. The van der Waals surface area contributed by atoms with Gasteiger partial charge in [-0.1, -0.05) is 98.9 Å². The second-order valence-corrected chi connectivity index (χ2v) is 38.8. The van der Waals surface area contributed by atoms with Gasteiger partial charge >= 0.3 is 6.03 Å². The van der Waals surface area contributed by atoms with Crippen LogP contribution in [0.5, 0.6) is 0 Å². The summed E-state index contributed by atoms with van der Waals surface area (Å²) in [5.41, 5.74) is 8.20. The Morgan fingerprint density at radius 1 is 0.475 bits per heavy atom. The molecule has 38 heteroatoms. The molecule has 0 aliphatic carbocycles. The largest absolute Gasteiger partial charge is 0.394 e. The van der Waals surface area contributed by atoms with Crippen molar-refractivity contribution < 1.29 is 83.1 Å². The van der Waals surface area contributed by atoms with Crippen LogP contribution >= 0.6 is 78.7 Å². The lowest BCUT2D eigenvalue weighted by Crippen LogP contribution is -2.56. The Bertz CT molecular complexity index is 4610. The zero-order valence-electron chi connectivity index (χ0n) is 67.5. The molecule has 6 aromatic rings. The predicted molar refractivity (Wildman–Crippen MR) is 473 cm³/mol. The van der Waals surface area contributed by atoms with Crippen LogP contribution in [0.25, 0.3) is 0 Å². The minimum atomic E-state index is -3.92. The molecule has 29 nitrogen and oxygen atoms in total. The van der Waals surface area contributed by atoms with Crippen LogP contribution in [0.15, 0.2) is 124 Å². The van der Waals surface area contributed by atoms with Crippen molar-refractivity contribution >= 4 is 137 Å². The molecule has 3 heterocycles.